The van der Waals surface area contributed by atoms with Crippen LogP contribution >= 0.6 is 11.3 Å². The van der Waals surface area contributed by atoms with Gasteiger partial charge >= 0.3 is 0 Å². The van der Waals surface area contributed by atoms with Crippen LogP contribution in [-0.4, -0.2) is 36.6 Å². The fourth-order valence-electron chi connectivity index (χ4n) is 2.20. The van der Waals surface area contributed by atoms with Crippen molar-refractivity contribution in [3.8, 4) is 0 Å². The van der Waals surface area contributed by atoms with Gasteiger partial charge in [-0.05, 0) is 40.4 Å². The van der Waals surface area contributed by atoms with Crippen molar-refractivity contribution in [1.29, 1.82) is 0 Å². The third-order valence-electron chi connectivity index (χ3n) is 3.53. The van der Waals surface area contributed by atoms with E-state index in [1.54, 1.807) is 11.3 Å². The number of hydrogen-bond acceptors (Lipinski definition) is 4. The van der Waals surface area contributed by atoms with E-state index >= 15 is 0 Å². The highest BCUT2D eigenvalue weighted by atomic mass is 32.1. The molecule has 1 fully saturated rings. The standard InChI is InChI=1S/C12H21N3S/c1-9(13-2)11-8-16-12(14-11)7-10-5-4-6-15(10)3/h8-10,13H,4-7H2,1-3H3. The third kappa shape index (κ3) is 2.62. The molecule has 0 saturated carbocycles. The lowest BCUT2D eigenvalue weighted by atomic mass is 10.1. The van der Waals surface area contributed by atoms with Crippen LogP contribution in [0.5, 0.6) is 0 Å². The van der Waals surface area contributed by atoms with Gasteiger partial charge in [0.25, 0.3) is 0 Å². The second kappa shape index (κ2) is 5.25. The van der Waals surface area contributed by atoms with E-state index < -0.39 is 0 Å². The summed E-state index contributed by atoms with van der Waals surface area (Å²) in [5.41, 5.74) is 1.18. The topological polar surface area (TPSA) is 28.2 Å². The first kappa shape index (κ1) is 12.0. The lowest BCUT2D eigenvalue weighted by Gasteiger charge is -2.17. The average molecular weight is 239 g/mol. The molecular weight excluding hydrogens is 218 g/mol. The average Bonchev–Trinajstić information content (AvgIpc) is 2.89. The Balaban J connectivity index is 1.97. The van der Waals surface area contributed by atoms with Crippen molar-refractivity contribution in [2.24, 2.45) is 0 Å². The van der Waals surface area contributed by atoms with Gasteiger partial charge in [-0.15, -0.1) is 11.3 Å². The molecule has 0 amide bonds. The van der Waals surface area contributed by atoms with Crippen LogP contribution in [0, 0.1) is 0 Å². The zero-order valence-electron chi connectivity index (χ0n) is 10.4. The molecule has 0 spiro atoms. The van der Waals surface area contributed by atoms with Crippen molar-refractivity contribution in [2.75, 3.05) is 20.6 Å². The summed E-state index contributed by atoms with van der Waals surface area (Å²) < 4.78 is 0. The fraction of sp³-hybridized carbons (Fsp3) is 0.750. The van der Waals surface area contributed by atoms with E-state index in [-0.39, 0.29) is 0 Å². The third-order valence-corrected chi connectivity index (χ3v) is 4.42. The minimum atomic E-state index is 0.367. The van der Waals surface area contributed by atoms with Gasteiger partial charge in [0.15, 0.2) is 0 Å². The first-order valence-corrected chi connectivity index (χ1v) is 6.90. The molecule has 1 aromatic heterocycles. The van der Waals surface area contributed by atoms with Gasteiger partial charge in [-0.3, -0.25) is 0 Å². The molecule has 0 bridgehead atoms. The molecule has 0 aromatic carbocycles. The molecule has 16 heavy (non-hydrogen) atoms. The first-order chi connectivity index (χ1) is 7.70. The van der Waals surface area contributed by atoms with Gasteiger partial charge in [0.2, 0.25) is 0 Å². The Morgan fingerprint density at radius 2 is 2.50 bits per heavy atom. The Morgan fingerprint density at radius 3 is 3.12 bits per heavy atom. The Labute approximate surface area is 102 Å². The Bertz CT molecular complexity index is 337. The number of aromatic nitrogens is 1. The monoisotopic (exact) mass is 239 g/mol. The van der Waals surface area contributed by atoms with Crippen molar-refractivity contribution in [3.05, 3.63) is 16.1 Å². The van der Waals surface area contributed by atoms with Crippen LogP contribution in [0.3, 0.4) is 0 Å². The molecule has 0 aliphatic carbocycles. The molecule has 1 aliphatic rings. The number of likely N-dealkylation sites (N-methyl/N-ethyl adjacent to an activating group) is 1. The van der Waals surface area contributed by atoms with Gasteiger partial charge in [-0.1, -0.05) is 0 Å². The SMILES string of the molecule is CNC(C)c1csc(CC2CCCN2C)n1. The van der Waals surface area contributed by atoms with E-state index in [9.17, 15) is 0 Å². The van der Waals surface area contributed by atoms with Gasteiger partial charge in [0, 0.05) is 23.9 Å². The summed E-state index contributed by atoms with van der Waals surface area (Å²) in [5, 5.41) is 6.70. The summed E-state index contributed by atoms with van der Waals surface area (Å²) >= 11 is 1.80. The number of thiazole rings is 1. The number of hydrogen-bond donors (Lipinski definition) is 1. The minimum Gasteiger partial charge on any atom is -0.312 e. The van der Waals surface area contributed by atoms with Crippen LogP contribution in [0.2, 0.25) is 0 Å². The molecule has 1 saturated heterocycles. The fourth-order valence-corrected chi connectivity index (χ4v) is 3.16. The molecule has 90 valence electrons. The minimum absolute atomic E-state index is 0.367. The zero-order chi connectivity index (χ0) is 11.5. The van der Waals surface area contributed by atoms with E-state index in [0.717, 1.165) is 6.42 Å². The van der Waals surface area contributed by atoms with E-state index in [4.69, 9.17) is 4.98 Å². The van der Waals surface area contributed by atoms with E-state index in [1.807, 2.05) is 7.05 Å². The summed E-state index contributed by atoms with van der Waals surface area (Å²) in [6.45, 7) is 3.40. The maximum absolute atomic E-state index is 4.71. The molecule has 2 heterocycles. The van der Waals surface area contributed by atoms with Crippen LogP contribution in [0.4, 0.5) is 0 Å². The molecule has 3 nitrogen and oxygen atoms in total. The summed E-state index contributed by atoms with van der Waals surface area (Å²) in [6.07, 6.45) is 3.79. The molecule has 1 aromatic rings. The van der Waals surface area contributed by atoms with Crippen LogP contribution in [-0.2, 0) is 6.42 Å². The smallest absolute Gasteiger partial charge is 0.0944 e. The lowest BCUT2D eigenvalue weighted by molar-refractivity contribution is 0.309. The highest BCUT2D eigenvalue weighted by molar-refractivity contribution is 7.09. The largest absolute Gasteiger partial charge is 0.312 e. The van der Waals surface area contributed by atoms with E-state index in [2.05, 4.69) is 29.6 Å². The van der Waals surface area contributed by atoms with Crippen molar-refractivity contribution in [2.45, 2.75) is 38.3 Å². The van der Waals surface area contributed by atoms with Gasteiger partial charge in [0.1, 0.15) is 0 Å². The number of nitrogens with one attached hydrogen (secondary N) is 1. The van der Waals surface area contributed by atoms with Crippen molar-refractivity contribution in [1.82, 2.24) is 15.2 Å². The highest BCUT2D eigenvalue weighted by Crippen LogP contribution is 2.22. The lowest BCUT2D eigenvalue weighted by Crippen LogP contribution is -2.26. The predicted molar refractivity (Wildman–Crippen MR) is 68.9 cm³/mol. The van der Waals surface area contributed by atoms with Gasteiger partial charge < -0.3 is 10.2 Å². The molecular formula is C12H21N3S. The predicted octanol–water partition coefficient (Wildman–Crippen LogP) is 2.06. The van der Waals surface area contributed by atoms with Crippen LogP contribution in [0.15, 0.2) is 5.38 Å². The molecule has 2 atom stereocenters. The Morgan fingerprint density at radius 1 is 1.69 bits per heavy atom. The quantitative estimate of drug-likeness (QED) is 0.872. The second-order valence-corrected chi connectivity index (χ2v) is 5.60. The normalized spacial score (nSPS) is 23.8. The van der Waals surface area contributed by atoms with Crippen molar-refractivity contribution >= 4 is 11.3 Å². The summed E-state index contributed by atoms with van der Waals surface area (Å²) in [7, 11) is 4.21. The van der Waals surface area contributed by atoms with Gasteiger partial charge in [-0.25, -0.2) is 4.98 Å². The van der Waals surface area contributed by atoms with Crippen molar-refractivity contribution < 1.29 is 0 Å². The summed E-state index contributed by atoms with van der Waals surface area (Å²) in [4.78, 5) is 7.17. The van der Waals surface area contributed by atoms with Crippen LogP contribution in [0.25, 0.3) is 0 Å². The summed E-state index contributed by atoms with van der Waals surface area (Å²) in [5.74, 6) is 0. The molecule has 1 N–H and O–H groups in total. The number of rotatable bonds is 4. The highest BCUT2D eigenvalue weighted by Gasteiger charge is 2.22. The van der Waals surface area contributed by atoms with E-state index in [1.165, 1.54) is 30.1 Å². The number of likely N-dealkylation sites (tertiary alicyclic amines) is 1. The number of nitrogens with zero attached hydrogens (tertiary/aromatic N) is 2. The second-order valence-electron chi connectivity index (χ2n) is 4.66. The maximum Gasteiger partial charge on any atom is 0.0944 e. The molecule has 1 aliphatic heterocycles. The molecule has 0 radical (unpaired) electrons. The van der Waals surface area contributed by atoms with Crippen LogP contribution < -0.4 is 5.32 Å². The Hall–Kier alpha value is -0.450. The molecule has 2 unspecified atom stereocenters. The molecule has 4 heteroatoms. The first-order valence-electron chi connectivity index (χ1n) is 6.02. The Kier molecular flexibility index (Phi) is 3.95. The van der Waals surface area contributed by atoms with Gasteiger partial charge in [0.05, 0.1) is 10.7 Å². The summed E-state index contributed by atoms with van der Waals surface area (Å²) in [6, 6.07) is 1.08. The van der Waals surface area contributed by atoms with E-state index in [0.29, 0.717) is 12.1 Å². The van der Waals surface area contributed by atoms with Gasteiger partial charge in [-0.2, -0.15) is 0 Å². The van der Waals surface area contributed by atoms with Crippen LogP contribution in [0.1, 0.15) is 36.5 Å². The molecule has 2 rings (SSSR count). The zero-order valence-corrected chi connectivity index (χ0v) is 11.2. The van der Waals surface area contributed by atoms with Crippen molar-refractivity contribution in [3.63, 3.8) is 0 Å². The maximum atomic E-state index is 4.71.